The summed E-state index contributed by atoms with van der Waals surface area (Å²) < 4.78 is 68.9. The molecule has 0 radical (unpaired) electrons. The Labute approximate surface area is 172 Å². The minimum atomic E-state index is -4.61. The Morgan fingerprint density at radius 1 is 1.20 bits per heavy atom. The Kier molecular flexibility index (Phi) is 4.78. The fourth-order valence-electron chi connectivity index (χ4n) is 4.09. The van der Waals surface area contributed by atoms with E-state index in [-0.39, 0.29) is 32.7 Å². The van der Waals surface area contributed by atoms with E-state index >= 15 is 0 Å². The molecule has 1 aliphatic rings. The predicted molar refractivity (Wildman–Crippen MR) is 102 cm³/mol. The summed E-state index contributed by atoms with van der Waals surface area (Å²) in [6.07, 6.45) is -4.69. The number of rotatable bonds is 3. The topological polar surface area (TPSA) is 56.9 Å². The molecule has 0 saturated heterocycles. The van der Waals surface area contributed by atoms with Crippen LogP contribution in [0.4, 0.5) is 27.6 Å². The van der Waals surface area contributed by atoms with Crippen LogP contribution in [0.1, 0.15) is 23.7 Å². The molecule has 1 aliphatic heterocycles. The van der Waals surface area contributed by atoms with E-state index in [1.54, 1.807) is 0 Å². The maximum absolute atomic E-state index is 13.9. The first kappa shape index (κ1) is 20.6. The molecule has 0 unspecified atom stereocenters. The van der Waals surface area contributed by atoms with Crippen molar-refractivity contribution in [3.05, 3.63) is 63.8 Å². The van der Waals surface area contributed by atoms with Gasteiger partial charge in [-0.05, 0) is 43.2 Å². The summed E-state index contributed by atoms with van der Waals surface area (Å²) in [6.45, 7) is 1.49. The van der Waals surface area contributed by atoms with Crippen molar-refractivity contribution in [3.63, 3.8) is 0 Å². The number of anilines is 1. The highest BCUT2D eigenvalue weighted by molar-refractivity contribution is 6.30. The molecular formula is C20H15ClF5N3O. The van der Waals surface area contributed by atoms with Gasteiger partial charge in [-0.15, -0.1) is 0 Å². The van der Waals surface area contributed by atoms with Gasteiger partial charge in [-0.2, -0.15) is 13.2 Å². The molecule has 10 heteroatoms. The number of halogens is 6. The molecule has 1 aromatic heterocycles. The molecule has 3 N–H and O–H groups in total. The summed E-state index contributed by atoms with van der Waals surface area (Å²) in [5.41, 5.74) is -0.305. The van der Waals surface area contributed by atoms with Gasteiger partial charge in [-0.25, -0.2) is 8.78 Å². The quantitative estimate of drug-likeness (QED) is 0.394. The SMILES string of the molecule is C[C@]1(c2cc(Cl)ccc2NC=O)N[C@@H](C(F)(F)F)Cc2c1[nH]c1cc(F)c(F)cc21. The molecule has 2 heterocycles. The largest absolute Gasteiger partial charge is 0.404 e. The molecule has 0 saturated carbocycles. The number of benzene rings is 2. The summed E-state index contributed by atoms with van der Waals surface area (Å²) >= 11 is 6.10. The molecule has 0 spiro atoms. The maximum atomic E-state index is 13.9. The summed E-state index contributed by atoms with van der Waals surface area (Å²) in [4.78, 5) is 14.0. The van der Waals surface area contributed by atoms with Crippen molar-refractivity contribution in [2.75, 3.05) is 5.32 Å². The second kappa shape index (κ2) is 6.95. The van der Waals surface area contributed by atoms with E-state index in [4.69, 9.17) is 11.6 Å². The minimum Gasteiger partial charge on any atom is -0.356 e. The highest BCUT2D eigenvalue weighted by Gasteiger charge is 2.50. The average molecular weight is 444 g/mol. The first-order valence-electron chi connectivity index (χ1n) is 8.89. The fourth-order valence-corrected chi connectivity index (χ4v) is 4.26. The third-order valence-corrected chi connectivity index (χ3v) is 5.68. The van der Waals surface area contributed by atoms with Crippen LogP contribution in [0.25, 0.3) is 10.9 Å². The van der Waals surface area contributed by atoms with Gasteiger partial charge in [-0.3, -0.25) is 10.1 Å². The number of H-pyrrole nitrogens is 1. The number of amides is 1. The number of alkyl halides is 3. The summed E-state index contributed by atoms with van der Waals surface area (Å²) in [5, 5.41) is 5.48. The lowest BCUT2D eigenvalue weighted by Gasteiger charge is -2.41. The van der Waals surface area contributed by atoms with Gasteiger partial charge in [0.05, 0.1) is 5.54 Å². The molecule has 4 nitrogen and oxygen atoms in total. The van der Waals surface area contributed by atoms with Gasteiger partial charge < -0.3 is 10.3 Å². The van der Waals surface area contributed by atoms with Crippen LogP contribution in [-0.2, 0) is 16.8 Å². The molecule has 1 amide bonds. The van der Waals surface area contributed by atoms with Gasteiger partial charge in [0.2, 0.25) is 6.41 Å². The van der Waals surface area contributed by atoms with E-state index in [0.717, 1.165) is 12.1 Å². The minimum absolute atomic E-state index is 0.165. The standard InChI is InChI=1S/C20H15ClF5N3O/c1-19(12-4-9(21)2-3-15(12)27-8-30)18-11(6-17(29-19)20(24,25)26)10-5-13(22)14(23)7-16(10)28-18/h2-5,7-8,17,28-29H,6H2,1H3,(H,27,30)/t17-,19-/m1/s1. The summed E-state index contributed by atoms with van der Waals surface area (Å²) in [7, 11) is 0. The predicted octanol–water partition coefficient (Wildman–Crippen LogP) is 5.01. The molecule has 2 aromatic carbocycles. The highest BCUT2D eigenvalue weighted by atomic mass is 35.5. The molecule has 30 heavy (non-hydrogen) atoms. The zero-order valence-corrected chi connectivity index (χ0v) is 16.2. The van der Waals surface area contributed by atoms with Crippen molar-refractivity contribution in [2.45, 2.75) is 31.1 Å². The van der Waals surface area contributed by atoms with Crippen LogP contribution in [0.15, 0.2) is 30.3 Å². The van der Waals surface area contributed by atoms with Crippen LogP contribution in [0, 0.1) is 11.6 Å². The number of hydrogen-bond donors (Lipinski definition) is 3. The van der Waals surface area contributed by atoms with Crippen molar-refractivity contribution >= 4 is 34.6 Å². The number of carbonyl (C=O) groups is 1. The fraction of sp³-hybridized carbons (Fsp3) is 0.250. The van der Waals surface area contributed by atoms with Crippen LogP contribution < -0.4 is 10.6 Å². The van der Waals surface area contributed by atoms with E-state index in [0.29, 0.717) is 12.1 Å². The van der Waals surface area contributed by atoms with Gasteiger partial charge in [0.15, 0.2) is 11.6 Å². The number of aromatic amines is 1. The lowest BCUT2D eigenvalue weighted by atomic mass is 9.79. The number of aromatic nitrogens is 1. The third-order valence-electron chi connectivity index (χ3n) is 5.45. The Bertz CT molecular complexity index is 1160. The smallest absolute Gasteiger partial charge is 0.356 e. The van der Waals surface area contributed by atoms with Crippen LogP contribution in [-0.4, -0.2) is 23.6 Å². The molecule has 4 rings (SSSR count). The van der Waals surface area contributed by atoms with Crippen LogP contribution in [0.3, 0.4) is 0 Å². The van der Waals surface area contributed by atoms with Crippen molar-refractivity contribution < 1.29 is 26.7 Å². The van der Waals surface area contributed by atoms with Gasteiger partial charge >= 0.3 is 6.18 Å². The third kappa shape index (κ3) is 3.22. The Morgan fingerprint density at radius 3 is 2.57 bits per heavy atom. The number of hydrogen-bond acceptors (Lipinski definition) is 2. The van der Waals surface area contributed by atoms with Crippen molar-refractivity contribution in [3.8, 4) is 0 Å². The second-order valence-electron chi connectivity index (χ2n) is 7.31. The Balaban J connectivity index is 2.03. The van der Waals surface area contributed by atoms with Crippen LogP contribution in [0.2, 0.25) is 5.02 Å². The van der Waals surface area contributed by atoms with Gasteiger partial charge in [0.25, 0.3) is 0 Å². The highest BCUT2D eigenvalue weighted by Crippen LogP contribution is 2.45. The molecule has 3 aromatic rings. The summed E-state index contributed by atoms with van der Waals surface area (Å²) in [5.74, 6) is -2.27. The zero-order chi connectivity index (χ0) is 21.8. The monoisotopic (exact) mass is 443 g/mol. The van der Waals surface area contributed by atoms with Crippen molar-refractivity contribution in [2.24, 2.45) is 0 Å². The van der Waals surface area contributed by atoms with Gasteiger partial charge in [0, 0.05) is 38.9 Å². The van der Waals surface area contributed by atoms with Gasteiger partial charge in [-0.1, -0.05) is 11.6 Å². The van der Waals surface area contributed by atoms with E-state index in [1.807, 2.05) is 0 Å². The van der Waals surface area contributed by atoms with Crippen LogP contribution in [0.5, 0.6) is 0 Å². The number of nitrogens with one attached hydrogen (secondary N) is 3. The molecule has 0 fully saturated rings. The van der Waals surface area contributed by atoms with E-state index < -0.39 is 35.8 Å². The molecule has 2 atom stereocenters. The first-order chi connectivity index (χ1) is 14.0. The first-order valence-corrected chi connectivity index (χ1v) is 9.27. The molecular weight excluding hydrogens is 429 g/mol. The lowest BCUT2D eigenvalue weighted by Crippen LogP contribution is -2.57. The van der Waals surface area contributed by atoms with Gasteiger partial charge in [0.1, 0.15) is 6.04 Å². The lowest BCUT2D eigenvalue weighted by molar-refractivity contribution is -0.161. The normalized spacial score (nSPS) is 21.5. The Morgan fingerprint density at radius 2 is 1.90 bits per heavy atom. The molecule has 158 valence electrons. The van der Waals surface area contributed by atoms with Crippen molar-refractivity contribution in [1.82, 2.24) is 10.3 Å². The van der Waals surface area contributed by atoms with Crippen molar-refractivity contribution in [1.29, 1.82) is 0 Å². The average Bonchev–Trinajstić information content (AvgIpc) is 3.01. The van der Waals surface area contributed by atoms with Crippen LogP contribution >= 0.6 is 11.6 Å². The second-order valence-corrected chi connectivity index (χ2v) is 7.75. The summed E-state index contributed by atoms with van der Waals surface area (Å²) in [6, 6.07) is 4.23. The maximum Gasteiger partial charge on any atom is 0.404 e. The number of fused-ring (bicyclic) bond motifs is 3. The zero-order valence-electron chi connectivity index (χ0n) is 15.4. The Hall–Kier alpha value is -2.65. The van der Waals surface area contributed by atoms with E-state index in [9.17, 15) is 26.7 Å². The number of carbonyl (C=O) groups excluding carboxylic acids is 1. The molecule has 0 bridgehead atoms. The van der Waals surface area contributed by atoms with E-state index in [2.05, 4.69) is 15.6 Å². The van der Waals surface area contributed by atoms with E-state index in [1.165, 1.54) is 25.1 Å². The molecule has 0 aliphatic carbocycles.